The summed E-state index contributed by atoms with van der Waals surface area (Å²) in [5.41, 5.74) is 1.71. The van der Waals surface area contributed by atoms with Crippen molar-refractivity contribution in [1.29, 1.82) is 0 Å². The van der Waals surface area contributed by atoms with Crippen LogP contribution in [0, 0.1) is 0 Å². The van der Waals surface area contributed by atoms with Crippen LogP contribution in [0.15, 0.2) is 36.5 Å². The number of amides is 1. The maximum Gasteiger partial charge on any atom is 0.271 e. The Labute approximate surface area is 165 Å². The maximum atomic E-state index is 12.7. The topological polar surface area (TPSA) is 59.0 Å². The number of nitrogens with zero attached hydrogens (tertiary/aromatic N) is 2. The number of piperidine rings is 1. The molecule has 1 amide bonds. The first kappa shape index (κ1) is 18.5. The molecule has 2 heterocycles. The summed E-state index contributed by atoms with van der Waals surface area (Å²) in [5.74, 6) is -0.0918. The molecule has 144 valence electrons. The Hall–Kier alpha value is -1.85. The molecule has 27 heavy (non-hydrogen) atoms. The molecule has 1 atom stereocenters. The van der Waals surface area contributed by atoms with Crippen molar-refractivity contribution < 1.29 is 4.79 Å². The molecule has 6 heteroatoms. The zero-order valence-electron chi connectivity index (χ0n) is 15.6. The lowest BCUT2D eigenvalue weighted by Gasteiger charge is -2.30. The van der Waals surface area contributed by atoms with E-state index in [0.717, 1.165) is 43.8 Å². The highest BCUT2D eigenvalue weighted by molar-refractivity contribution is 6.30. The maximum absolute atomic E-state index is 12.7. The van der Waals surface area contributed by atoms with Crippen LogP contribution in [0.4, 0.5) is 0 Å². The third kappa shape index (κ3) is 4.04. The minimum Gasteiger partial charge on any atom is -0.350 e. The molecule has 0 bridgehead atoms. The Balaban J connectivity index is 1.44. The van der Waals surface area contributed by atoms with Gasteiger partial charge in [0.15, 0.2) is 0 Å². The minimum atomic E-state index is -0.0918. The van der Waals surface area contributed by atoms with Gasteiger partial charge in [-0.25, -0.2) is 0 Å². The highest BCUT2D eigenvalue weighted by Gasteiger charge is 2.36. The number of hydrogen-bond donors (Lipinski definition) is 2. The van der Waals surface area contributed by atoms with E-state index < -0.39 is 0 Å². The Bertz CT molecular complexity index is 791. The zero-order valence-corrected chi connectivity index (χ0v) is 16.3. The third-order valence-corrected chi connectivity index (χ3v) is 6.31. The van der Waals surface area contributed by atoms with Gasteiger partial charge in [0.2, 0.25) is 0 Å². The van der Waals surface area contributed by atoms with Gasteiger partial charge in [0.05, 0.1) is 6.04 Å². The second-order valence-corrected chi connectivity index (χ2v) is 8.30. The lowest BCUT2D eigenvalue weighted by atomic mass is 9.79. The second kappa shape index (κ2) is 8.03. The molecule has 2 N–H and O–H groups in total. The van der Waals surface area contributed by atoms with Crippen LogP contribution in [0.25, 0.3) is 0 Å². The number of nitrogens with one attached hydrogen (secondary N) is 2. The van der Waals surface area contributed by atoms with E-state index in [-0.39, 0.29) is 11.3 Å². The molecule has 1 saturated heterocycles. The number of aromatic nitrogens is 2. The van der Waals surface area contributed by atoms with Crippen molar-refractivity contribution in [1.82, 2.24) is 20.4 Å². The molecule has 1 unspecified atom stereocenters. The highest BCUT2D eigenvalue weighted by Crippen LogP contribution is 2.41. The SMILES string of the molecule is O=C(NCC1(c2cccc(Cl)c2)CCCC1)c1ccn(C2CCCNC2)n1. The summed E-state index contributed by atoms with van der Waals surface area (Å²) in [7, 11) is 0. The van der Waals surface area contributed by atoms with Crippen LogP contribution in [0.3, 0.4) is 0 Å². The fourth-order valence-electron chi connectivity index (χ4n) is 4.50. The molecular formula is C21H27ClN4O. The Morgan fingerprint density at radius 2 is 2.15 bits per heavy atom. The van der Waals surface area contributed by atoms with Gasteiger partial charge in [0.1, 0.15) is 5.69 Å². The van der Waals surface area contributed by atoms with Crippen molar-refractivity contribution in [2.45, 2.75) is 50.0 Å². The first-order chi connectivity index (χ1) is 13.2. The summed E-state index contributed by atoms with van der Waals surface area (Å²) in [5, 5.41) is 11.8. The normalized spacial score (nSPS) is 21.9. The molecule has 1 aliphatic heterocycles. The van der Waals surface area contributed by atoms with Crippen LogP contribution >= 0.6 is 11.6 Å². The first-order valence-electron chi connectivity index (χ1n) is 9.96. The number of hydrogen-bond acceptors (Lipinski definition) is 3. The molecular weight excluding hydrogens is 360 g/mol. The van der Waals surface area contributed by atoms with Crippen molar-refractivity contribution in [3.63, 3.8) is 0 Å². The third-order valence-electron chi connectivity index (χ3n) is 6.07. The Kier molecular flexibility index (Phi) is 5.50. The molecule has 1 aliphatic carbocycles. The average molecular weight is 387 g/mol. The molecule has 2 aliphatic rings. The van der Waals surface area contributed by atoms with Gasteiger partial charge >= 0.3 is 0 Å². The van der Waals surface area contributed by atoms with Crippen LogP contribution in [0.2, 0.25) is 5.02 Å². The lowest BCUT2D eigenvalue weighted by molar-refractivity contribution is 0.0936. The van der Waals surface area contributed by atoms with Gasteiger partial charge in [-0.2, -0.15) is 5.10 Å². The van der Waals surface area contributed by atoms with Crippen LogP contribution in [0.5, 0.6) is 0 Å². The van der Waals surface area contributed by atoms with Crippen molar-refractivity contribution in [2.24, 2.45) is 0 Å². The summed E-state index contributed by atoms with van der Waals surface area (Å²) in [6.07, 6.45) is 8.71. The predicted octanol–water partition coefficient (Wildman–Crippen LogP) is 3.70. The van der Waals surface area contributed by atoms with Gasteiger partial charge in [0, 0.05) is 29.7 Å². The predicted molar refractivity (Wildman–Crippen MR) is 107 cm³/mol. The number of carbonyl (C=O) groups is 1. The van der Waals surface area contributed by atoms with E-state index in [4.69, 9.17) is 11.6 Å². The van der Waals surface area contributed by atoms with Gasteiger partial charge < -0.3 is 10.6 Å². The highest BCUT2D eigenvalue weighted by atomic mass is 35.5. The van der Waals surface area contributed by atoms with Crippen LogP contribution < -0.4 is 10.6 Å². The van der Waals surface area contributed by atoms with Gasteiger partial charge in [0.25, 0.3) is 5.91 Å². The number of carbonyl (C=O) groups excluding carboxylic acids is 1. The standard InChI is InChI=1S/C21H27ClN4O/c22-17-6-3-5-16(13-17)21(9-1-2-10-21)15-24-20(27)19-8-12-26(25-19)18-7-4-11-23-14-18/h3,5-6,8,12-13,18,23H,1-2,4,7,9-11,14-15H2,(H,24,27). The summed E-state index contributed by atoms with van der Waals surface area (Å²) in [6.45, 7) is 2.61. The van der Waals surface area contributed by atoms with Crippen LogP contribution in [0.1, 0.15) is 60.6 Å². The molecule has 4 rings (SSSR count). The summed E-state index contributed by atoms with van der Waals surface area (Å²) in [4.78, 5) is 12.7. The molecule has 1 saturated carbocycles. The van der Waals surface area contributed by atoms with Crippen molar-refractivity contribution in [3.05, 3.63) is 52.8 Å². The van der Waals surface area contributed by atoms with E-state index in [2.05, 4.69) is 21.8 Å². The first-order valence-corrected chi connectivity index (χ1v) is 10.3. The van der Waals surface area contributed by atoms with E-state index in [1.54, 1.807) is 0 Å². The van der Waals surface area contributed by atoms with Crippen LogP contribution in [-0.2, 0) is 5.41 Å². The van der Waals surface area contributed by atoms with Crippen molar-refractivity contribution in [2.75, 3.05) is 19.6 Å². The summed E-state index contributed by atoms with van der Waals surface area (Å²) < 4.78 is 1.93. The van der Waals surface area contributed by atoms with E-state index in [1.165, 1.54) is 18.4 Å². The molecule has 0 spiro atoms. The lowest BCUT2D eigenvalue weighted by Crippen LogP contribution is -2.39. The molecule has 1 aromatic carbocycles. The van der Waals surface area contributed by atoms with E-state index in [1.807, 2.05) is 35.1 Å². The van der Waals surface area contributed by atoms with Crippen LogP contribution in [-0.4, -0.2) is 35.3 Å². The van der Waals surface area contributed by atoms with Crippen molar-refractivity contribution in [3.8, 4) is 0 Å². The molecule has 1 aromatic heterocycles. The van der Waals surface area contributed by atoms with Crippen molar-refractivity contribution >= 4 is 17.5 Å². The van der Waals surface area contributed by atoms with E-state index in [9.17, 15) is 4.79 Å². The number of halogens is 1. The van der Waals surface area contributed by atoms with Gasteiger partial charge in [-0.05, 0) is 56.0 Å². The minimum absolute atomic E-state index is 0.0174. The average Bonchev–Trinajstić information content (AvgIpc) is 3.38. The monoisotopic (exact) mass is 386 g/mol. The fourth-order valence-corrected chi connectivity index (χ4v) is 4.69. The van der Waals surface area contributed by atoms with Gasteiger partial charge in [-0.1, -0.05) is 36.6 Å². The van der Waals surface area contributed by atoms with Gasteiger partial charge in [-0.15, -0.1) is 0 Å². The quantitative estimate of drug-likeness (QED) is 0.823. The summed E-state index contributed by atoms with van der Waals surface area (Å²) >= 11 is 6.22. The largest absolute Gasteiger partial charge is 0.350 e. The Morgan fingerprint density at radius 1 is 1.30 bits per heavy atom. The molecule has 5 nitrogen and oxygen atoms in total. The fraction of sp³-hybridized carbons (Fsp3) is 0.524. The number of rotatable bonds is 5. The second-order valence-electron chi connectivity index (χ2n) is 7.86. The number of benzene rings is 1. The van der Waals surface area contributed by atoms with E-state index >= 15 is 0 Å². The molecule has 2 aromatic rings. The zero-order chi connectivity index (χ0) is 18.7. The van der Waals surface area contributed by atoms with Gasteiger partial charge in [-0.3, -0.25) is 9.48 Å². The van der Waals surface area contributed by atoms with E-state index in [0.29, 0.717) is 18.3 Å². The Morgan fingerprint density at radius 3 is 2.89 bits per heavy atom. The smallest absolute Gasteiger partial charge is 0.271 e. The molecule has 2 fully saturated rings. The molecule has 0 radical (unpaired) electrons. The summed E-state index contributed by atoms with van der Waals surface area (Å²) in [6, 6.07) is 10.2.